The Labute approximate surface area is 95.3 Å². The zero-order valence-corrected chi connectivity index (χ0v) is 11.4. The van der Waals surface area contributed by atoms with Gasteiger partial charge in [0.25, 0.3) is 0 Å². The number of hydrogen-bond acceptors (Lipinski definition) is 2. The predicted octanol–water partition coefficient (Wildman–Crippen LogP) is 4.60. The normalized spacial score (nSPS) is 10.7. The summed E-state index contributed by atoms with van der Waals surface area (Å²) in [5.41, 5.74) is 7.25. The second-order valence-corrected chi connectivity index (χ2v) is 6.11. The molecule has 0 atom stereocenters. The largest absolute Gasteiger partial charge is 0.0924 e. The molecular weight excluding hydrogens is 208 g/mol. The summed E-state index contributed by atoms with van der Waals surface area (Å²) in [5, 5.41) is 0. The van der Waals surface area contributed by atoms with Gasteiger partial charge in [-0.1, -0.05) is 21.6 Å². The van der Waals surface area contributed by atoms with Gasteiger partial charge in [-0.3, -0.25) is 0 Å². The van der Waals surface area contributed by atoms with Gasteiger partial charge in [0.2, 0.25) is 0 Å². The van der Waals surface area contributed by atoms with Gasteiger partial charge in [0, 0.05) is 4.90 Å². The minimum absolute atomic E-state index is 1.45. The lowest BCUT2D eigenvalue weighted by Gasteiger charge is -2.17. The predicted molar refractivity (Wildman–Crippen MR) is 69.5 cm³/mol. The second-order valence-electron chi connectivity index (χ2n) is 3.70. The Morgan fingerprint density at radius 1 is 0.643 bits per heavy atom. The van der Waals surface area contributed by atoms with E-state index in [9.17, 15) is 0 Å². The molecule has 0 N–H and O–H groups in total. The van der Waals surface area contributed by atoms with E-state index in [1.54, 1.807) is 0 Å². The first kappa shape index (κ1) is 12.0. The molecule has 0 unspecified atom stereocenters. The number of benzene rings is 1. The van der Waals surface area contributed by atoms with Crippen molar-refractivity contribution in [3.05, 3.63) is 27.8 Å². The molecule has 0 bridgehead atoms. The Morgan fingerprint density at radius 3 is 1.36 bits per heavy atom. The molecule has 0 radical (unpaired) electrons. The van der Waals surface area contributed by atoms with Gasteiger partial charge in [0.05, 0.1) is 0 Å². The van der Waals surface area contributed by atoms with Crippen LogP contribution in [0.15, 0.2) is 4.90 Å². The SMILES string of the molecule is CSSc1c(C)c(C)c(C)c(C)c1C. The van der Waals surface area contributed by atoms with E-state index in [1.165, 1.54) is 32.7 Å². The van der Waals surface area contributed by atoms with Crippen LogP contribution in [0.2, 0.25) is 0 Å². The van der Waals surface area contributed by atoms with Crippen LogP contribution in [0.5, 0.6) is 0 Å². The molecule has 0 saturated heterocycles. The summed E-state index contributed by atoms with van der Waals surface area (Å²) in [4.78, 5) is 1.46. The summed E-state index contributed by atoms with van der Waals surface area (Å²) in [6.07, 6.45) is 2.13. The highest BCUT2D eigenvalue weighted by Crippen LogP contribution is 2.38. The average molecular weight is 226 g/mol. The summed E-state index contributed by atoms with van der Waals surface area (Å²) < 4.78 is 0. The molecule has 1 rings (SSSR count). The zero-order chi connectivity index (χ0) is 10.9. The van der Waals surface area contributed by atoms with Crippen molar-refractivity contribution in [1.82, 2.24) is 0 Å². The average Bonchev–Trinajstić information content (AvgIpc) is 2.19. The molecule has 14 heavy (non-hydrogen) atoms. The fourth-order valence-corrected chi connectivity index (χ4v) is 3.65. The molecule has 0 spiro atoms. The summed E-state index contributed by atoms with van der Waals surface area (Å²) in [7, 11) is 3.71. The molecule has 0 aliphatic carbocycles. The maximum atomic E-state index is 2.23. The van der Waals surface area contributed by atoms with Crippen LogP contribution in [0.3, 0.4) is 0 Å². The van der Waals surface area contributed by atoms with Crippen LogP contribution >= 0.6 is 21.6 Å². The Balaban J connectivity index is 3.43. The van der Waals surface area contributed by atoms with Gasteiger partial charge in [0.15, 0.2) is 0 Å². The van der Waals surface area contributed by atoms with Crippen molar-refractivity contribution in [2.24, 2.45) is 0 Å². The van der Waals surface area contributed by atoms with E-state index >= 15 is 0 Å². The van der Waals surface area contributed by atoms with Crippen molar-refractivity contribution in [1.29, 1.82) is 0 Å². The van der Waals surface area contributed by atoms with Crippen LogP contribution in [-0.4, -0.2) is 6.26 Å². The lowest BCUT2D eigenvalue weighted by atomic mass is 9.95. The van der Waals surface area contributed by atoms with Gasteiger partial charge >= 0.3 is 0 Å². The Bertz CT molecular complexity index is 325. The first-order chi connectivity index (χ1) is 6.50. The quantitative estimate of drug-likeness (QED) is 0.676. The molecule has 0 aliphatic rings. The van der Waals surface area contributed by atoms with E-state index in [2.05, 4.69) is 40.9 Å². The lowest BCUT2D eigenvalue weighted by Crippen LogP contribution is -1.97. The van der Waals surface area contributed by atoms with E-state index in [0.717, 1.165) is 0 Å². The van der Waals surface area contributed by atoms with Gasteiger partial charge in [-0.15, -0.1) is 0 Å². The zero-order valence-electron chi connectivity index (χ0n) is 9.82. The molecule has 2 heteroatoms. The summed E-state index contributed by atoms with van der Waals surface area (Å²) >= 11 is 0. The molecule has 0 aromatic heterocycles. The fraction of sp³-hybridized carbons (Fsp3) is 0.500. The van der Waals surface area contributed by atoms with E-state index in [0.29, 0.717) is 0 Å². The first-order valence-electron chi connectivity index (χ1n) is 4.78. The monoisotopic (exact) mass is 226 g/mol. The molecule has 0 aliphatic heterocycles. The molecule has 0 saturated carbocycles. The number of rotatable bonds is 2. The second kappa shape index (κ2) is 4.63. The summed E-state index contributed by atoms with van der Waals surface area (Å²) in [6.45, 7) is 11.1. The van der Waals surface area contributed by atoms with Crippen molar-refractivity contribution in [2.45, 2.75) is 39.5 Å². The van der Waals surface area contributed by atoms with Crippen LogP contribution in [0, 0.1) is 34.6 Å². The van der Waals surface area contributed by atoms with Crippen molar-refractivity contribution < 1.29 is 0 Å². The van der Waals surface area contributed by atoms with Crippen molar-refractivity contribution >= 4 is 21.6 Å². The Kier molecular flexibility index (Phi) is 3.96. The highest BCUT2D eigenvalue weighted by atomic mass is 33.1. The van der Waals surface area contributed by atoms with E-state index in [1.807, 2.05) is 21.6 Å². The third kappa shape index (κ3) is 1.96. The van der Waals surface area contributed by atoms with E-state index in [-0.39, 0.29) is 0 Å². The number of hydrogen-bond donors (Lipinski definition) is 0. The molecule has 1 aromatic carbocycles. The molecule has 1 aromatic rings. The van der Waals surface area contributed by atoms with E-state index in [4.69, 9.17) is 0 Å². The maximum Gasteiger partial charge on any atom is 0.0246 e. The molecule has 0 fully saturated rings. The molecule has 78 valence electrons. The van der Waals surface area contributed by atoms with Crippen LogP contribution in [-0.2, 0) is 0 Å². The lowest BCUT2D eigenvalue weighted by molar-refractivity contribution is 1.10. The topological polar surface area (TPSA) is 0 Å². The van der Waals surface area contributed by atoms with Crippen molar-refractivity contribution in [3.8, 4) is 0 Å². The fourth-order valence-electron chi connectivity index (χ4n) is 1.67. The molecule has 0 amide bonds. The van der Waals surface area contributed by atoms with Gasteiger partial charge in [0.1, 0.15) is 0 Å². The highest BCUT2D eigenvalue weighted by molar-refractivity contribution is 8.76. The van der Waals surface area contributed by atoms with Crippen LogP contribution in [0.25, 0.3) is 0 Å². The molecule has 0 heterocycles. The van der Waals surface area contributed by atoms with Crippen LogP contribution in [0.1, 0.15) is 27.8 Å². The standard InChI is InChI=1S/C12H18S2/c1-7-8(2)10(4)12(14-13-6)11(5)9(7)3/h1-6H3. The van der Waals surface area contributed by atoms with E-state index < -0.39 is 0 Å². The van der Waals surface area contributed by atoms with Gasteiger partial charge < -0.3 is 0 Å². The van der Waals surface area contributed by atoms with Crippen LogP contribution in [0.4, 0.5) is 0 Å². The third-order valence-corrected chi connectivity index (χ3v) is 5.04. The smallest absolute Gasteiger partial charge is 0.0246 e. The van der Waals surface area contributed by atoms with Gasteiger partial charge in [-0.25, -0.2) is 0 Å². The van der Waals surface area contributed by atoms with Crippen molar-refractivity contribution in [3.63, 3.8) is 0 Å². The maximum absolute atomic E-state index is 2.23. The summed E-state index contributed by atoms with van der Waals surface area (Å²) in [5.74, 6) is 0. The molecular formula is C12H18S2. The first-order valence-corrected chi connectivity index (χ1v) is 7.34. The van der Waals surface area contributed by atoms with Gasteiger partial charge in [-0.05, 0) is 68.7 Å². The Morgan fingerprint density at radius 2 is 1.00 bits per heavy atom. The molecule has 0 nitrogen and oxygen atoms in total. The van der Waals surface area contributed by atoms with Crippen molar-refractivity contribution in [2.75, 3.05) is 6.26 Å². The highest BCUT2D eigenvalue weighted by Gasteiger charge is 2.11. The minimum atomic E-state index is 1.45. The summed E-state index contributed by atoms with van der Waals surface area (Å²) in [6, 6.07) is 0. The Hall–Kier alpha value is -0.0800. The minimum Gasteiger partial charge on any atom is -0.0924 e. The third-order valence-electron chi connectivity index (χ3n) is 3.10. The van der Waals surface area contributed by atoms with Gasteiger partial charge in [-0.2, -0.15) is 0 Å². The van der Waals surface area contributed by atoms with Crippen LogP contribution < -0.4 is 0 Å².